The highest BCUT2D eigenvalue weighted by Crippen LogP contribution is 2.27. The molecule has 0 unspecified atom stereocenters. The molecular weight excluding hydrogens is 500 g/mol. The van der Waals surface area contributed by atoms with Crippen LogP contribution in [0.5, 0.6) is 0 Å². The first-order valence-corrected chi connectivity index (χ1v) is 12.1. The minimum Gasteiger partial charge on any atom is -0.394 e. The number of ether oxygens (including phenoxy) is 1. The normalized spacial score (nSPS) is 20.1. The smallest absolute Gasteiger partial charge is 0.333 e. The van der Waals surface area contributed by atoms with Crippen molar-refractivity contribution in [2.45, 2.75) is 64.8 Å². The van der Waals surface area contributed by atoms with Gasteiger partial charge in [-0.1, -0.05) is 19.1 Å². The van der Waals surface area contributed by atoms with Gasteiger partial charge in [0.1, 0.15) is 29.9 Å². The number of pyridine rings is 1. The van der Waals surface area contributed by atoms with E-state index in [2.05, 4.69) is 20.6 Å². The molecule has 204 valence electrons. The highest BCUT2D eigenvalue weighted by Gasteiger charge is 2.35. The number of halogens is 1. The molecule has 1 amide bonds. The summed E-state index contributed by atoms with van der Waals surface area (Å²) in [6, 6.07) is 1.68. The number of aryl methyl sites for hydroxylation is 1. The predicted molar refractivity (Wildman–Crippen MR) is 130 cm³/mol. The average Bonchev–Trinajstić information content (AvgIpc) is 3.48. The van der Waals surface area contributed by atoms with E-state index in [1.807, 2.05) is 13.8 Å². The number of hydrogen-bond acceptors (Lipinski definition) is 9. The third-order valence-electron chi connectivity index (χ3n) is 6.35. The molecule has 3 aromatic rings. The van der Waals surface area contributed by atoms with Gasteiger partial charge >= 0.3 is 5.69 Å². The molecule has 38 heavy (non-hydrogen) atoms. The zero-order chi connectivity index (χ0) is 27.6. The van der Waals surface area contributed by atoms with E-state index in [1.165, 1.54) is 40.0 Å². The van der Waals surface area contributed by atoms with Crippen molar-refractivity contribution in [2.24, 2.45) is 5.92 Å². The van der Waals surface area contributed by atoms with E-state index in [4.69, 9.17) is 4.74 Å². The summed E-state index contributed by atoms with van der Waals surface area (Å²) in [4.78, 5) is 43.0. The molecule has 13 nitrogen and oxygen atoms in total. The summed E-state index contributed by atoms with van der Waals surface area (Å²) in [5, 5.41) is 30.3. The number of aromatic nitrogens is 6. The number of hydrogen-bond donors (Lipinski definition) is 3. The molecule has 3 N–H and O–H groups in total. The minimum atomic E-state index is -0.951. The molecule has 0 radical (unpaired) electrons. The van der Waals surface area contributed by atoms with Crippen molar-refractivity contribution in [1.29, 1.82) is 0 Å². The van der Waals surface area contributed by atoms with Crippen molar-refractivity contribution in [3.05, 3.63) is 74.3 Å². The first kappa shape index (κ1) is 27.3. The SMILES string of the molecule is Cc1cn([C@H]2C[C@H](O)[C@@H](CO)O2)c(=O)n(Cc2cn([C@H](C(=O)NCc3cc([18F])ccn3)C(C)C)nn2)c1=O. The Morgan fingerprint density at radius 2 is 2.05 bits per heavy atom. The Morgan fingerprint density at radius 1 is 1.29 bits per heavy atom. The summed E-state index contributed by atoms with van der Waals surface area (Å²) in [6.45, 7) is 4.60. The van der Waals surface area contributed by atoms with E-state index in [-0.39, 0.29) is 42.6 Å². The van der Waals surface area contributed by atoms with Crippen LogP contribution in [0.2, 0.25) is 0 Å². The third kappa shape index (κ3) is 5.71. The number of amides is 1. The van der Waals surface area contributed by atoms with Gasteiger partial charge in [0.25, 0.3) is 5.56 Å². The van der Waals surface area contributed by atoms with Crippen molar-refractivity contribution in [1.82, 2.24) is 34.4 Å². The van der Waals surface area contributed by atoms with E-state index in [1.54, 1.807) is 6.92 Å². The third-order valence-corrected chi connectivity index (χ3v) is 6.35. The van der Waals surface area contributed by atoms with Gasteiger partial charge in [0.15, 0.2) is 0 Å². The van der Waals surface area contributed by atoms with Gasteiger partial charge in [-0.15, -0.1) is 5.10 Å². The van der Waals surface area contributed by atoms with E-state index >= 15 is 0 Å². The molecule has 0 aliphatic carbocycles. The average molecular weight is 531 g/mol. The maximum atomic E-state index is 13.4. The van der Waals surface area contributed by atoms with Crippen molar-refractivity contribution in [3.8, 4) is 0 Å². The van der Waals surface area contributed by atoms with Crippen LogP contribution in [0.15, 0.2) is 40.3 Å². The number of aliphatic hydroxyl groups excluding tert-OH is 2. The summed E-state index contributed by atoms with van der Waals surface area (Å²) < 4.78 is 22.6. The van der Waals surface area contributed by atoms with Crippen LogP contribution in [0.4, 0.5) is 4.39 Å². The fourth-order valence-electron chi connectivity index (χ4n) is 4.39. The van der Waals surface area contributed by atoms with Crippen LogP contribution in [-0.4, -0.2) is 64.0 Å². The Balaban J connectivity index is 1.54. The number of rotatable bonds is 9. The van der Waals surface area contributed by atoms with Crippen LogP contribution in [0, 0.1) is 18.7 Å². The number of aliphatic hydroxyl groups is 2. The summed E-state index contributed by atoms with van der Waals surface area (Å²) in [6.07, 6.45) is 1.61. The number of carbonyl (C=O) groups excluding carboxylic acids is 1. The van der Waals surface area contributed by atoms with Crippen LogP contribution in [0.1, 0.15) is 49.5 Å². The van der Waals surface area contributed by atoms with Gasteiger partial charge < -0.3 is 20.3 Å². The Bertz CT molecular complexity index is 1420. The largest absolute Gasteiger partial charge is 0.394 e. The summed E-state index contributed by atoms with van der Waals surface area (Å²) in [7, 11) is 0. The molecule has 3 aromatic heterocycles. The van der Waals surface area contributed by atoms with Crippen LogP contribution in [0.25, 0.3) is 0 Å². The number of carbonyl (C=O) groups is 1. The molecule has 4 rings (SSSR count). The maximum Gasteiger partial charge on any atom is 0.333 e. The monoisotopic (exact) mass is 530 g/mol. The number of nitrogens with zero attached hydrogens (tertiary/aromatic N) is 6. The quantitative estimate of drug-likeness (QED) is 0.335. The first-order chi connectivity index (χ1) is 18.1. The van der Waals surface area contributed by atoms with Gasteiger partial charge in [0.05, 0.1) is 37.7 Å². The van der Waals surface area contributed by atoms with E-state index in [0.29, 0.717) is 5.69 Å². The lowest BCUT2D eigenvalue weighted by Gasteiger charge is -2.20. The molecule has 0 bridgehead atoms. The standard InChI is InChI=1S/C24H30FN7O6/c1-13(2)21(22(35)27-8-16-6-15(25)4-5-26-16)32-11-17(28-29-32)10-31-23(36)14(3)9-30(24(31)37)20-7-18(34)19(12-33)38-20/h4-6,9,11,13,18-21,33-34H,7-8,10,12H2,1-3H3,(H,27,35)/t18-,19+,20+,21-/m0/s1/i25-1. The highest BCUT2D eigenvalue weighted by atomic mass is 18.2. The molecule has 4 atom stereocenters. The van der Waals surface area contributed by atoms with Crippen molar-refractivity contribution < 1.29 is 24.1 Å². The number of nitrogens with one attached hydrogen (secondary N) is 1. The Labute approximate surface area is 216 Å². The second-order valence-electron chi connectivity index (χ2n) is 9.57. The second-order valence-corrected chi connectivity index (χ2v) is 9.57. The lowest BCUT2D eigenvalue weighted by Crippen LogP contribution is -2.42. The molecule has 14 heteroatoms. The van der Waals surface area contributed by atoms with Crippen molar-refractivity contribution in [3.63, 3.8) is 0 Å². The predicted octanol–water partition coefficient (Wildman–Crippen LogP) is -0.353. The Hall–Kier alpha value is -3.75. The molecular formula is C24H30FN7O6. The molecule has 0 spiro atoms. The van der Waals surface area contributed by atoms with Crippen LogP contribution in [0.3, 0.4) is 0 Å². The second kappa shape index (κ2) is 11.3. The fraction of sp³-hybridized carbons (Fsp3) is 0.500. The lowest BCUT2D eigenvalue weighted by molar-refractivity contribution is -0.126. The Morgan fingerprint density at radius 3 is 2.71 bits per heavy atom. The Kier molecular flexibility index (Phi) is 8.14. The van der Waals surface area contributed by atoms with E-state index in [9.17, 15) is 29.0 Å². The zero-order valence-corrected chi connectivity index (χ0v) is 21.2. The topological polar surface area (TPSA) is 166 Å². The summed E-state index contributed by atoms with van der Waals surface area (Å²) in [5.74, 6) is -1.04. The lowest BCUT2D eigenvalue weighted by atomic mass is 10.0. The molecule has 1 fully saturated rings. The van der Waals surface area contributed by atoms with E-state index in [0.717, 1.165) is 4.57 Å². The molecule has 1 aliphatic heterocycles. The van der Waals surface area contributed by atoms with Crippen LogP contribution < -0.4 is 16.6 Å². The van der Waals surface area contributed by atoms with Gasteiger partial charge in [-0.05, 0) is 25.0 Å². The molecule has 0 saturated carbocycles. The molecule has 1 saturated heterocycles. The highest BCUT2D eigenvalue weighted by molar-refractivity contribution is 5.80. The van der Waals surface area contributed by atoms with Gasteiger partial charge in [-0.3, -0.25) is 23.7 Å². The summed E-state index contributed by atoms with van der Waals surface area (Å²) >= 11 is 0. The maximum absolute atomic E-state index is 13.4. The fourth-order valence-corrected chi connectivity index (χ4v) is 4.39. The van der Waals surface area contributed by atoms with Crippen LogP contribution in [-0.2, 0) is 22.6 Å². The van der Waals surface area contributed by atoms with Gasteiger partial charge in [0, 0.05) is 24.4 Å². The van der Waals surface area contributed by atoms with Crippen molar-refractivity contribution in [2.75, 3.05) is 6.61 Å². The summed E-state index contributed by atoms with van der Waals surface area (Å²) in [5.41, 5.74) is -0.301. The molecule has 0 aromatic carbocycles. The van der Waals surface area contributed by atoms with Crippen molar-refractivity contribution >= 4 is 5.91 Å². The van der Waals surface area contributed by atoms with Crippen LogP contribution >= 0.6 is 0 Å². The zero-order valence-electron chi connectivity index (χ0n) is 21.2. The van der Waals surface area contributed by atoms with Gasteiger partial charge in [-0.25, -0.2) is 13.9 Å². The van der Waals surface area contributed by atoms with E-state index < -0.39 is 48.2 Å². The first-order valence-electron chi connectivity index (χ1n) is 12.1. The molecule has 4 heterocycles. The van der Waals surface area contributed by atoms with Gasteiger partial charge in [0.2, 0.25) is 5.91 Å². The molecule has 1 aliphatic rings. The minimum absolute atomic E-state index is 0.0225. The van der Waals surface area contributed by atoms with Gasteiger partial charge in [-0.2, -0.15) is 0 Å².